The Morgan fingerprint density at radius 1 is 1.09 bits per heavy atom. The summed E-state index contributed by atoms with van der Waals surface area (Å²) in [5.74, 6) is 0. The van der Waals surface area contributed by atoms with Crippen LogP contribution in [0.2, 0.25) is 0 Å². The number of carbonyl (C=O) groups is 1. The molecule has 2 nitrogen and oxygen atoms in total. The number of hydrogen-bond donors (Lipinski definition) is 1. The Morgan fingerprint density at radius 2 is 1.55 bits per heavy atom. The van der Waals surface area contributed by atoms with Crippen molar-refractivity contribution in [3.05, 3.63) is 29.8 Å². The molecule has 0 spiro atoms. The molecule has 1 rings (SSSR count). The van der Waals surface area contributed by atoms with E-state index in [9.17, 15) is 4.79 Å². The molecular formula is C7H9K2NO. The molecule has 0 heterocycles. The Hall–Kier alpha value is 1.96. The number of rotatable bonds is 1. The van der Waals surface area contributed by atoms with Gasteiger partial charge in [0.2, 0.25) is 0 Å². The Bertz CT molecular complexity index is 210. The third-order valence-corrected chi connectivity index (χ3v) is 1.07. The summed E-state index contributed by atoms with van der Waals surface area (Å²) < 4.78 is 0. The molecule has 0 unspecified atom stereocenters. The molecule has 0 aliphatic heterocycles. The molecule has 1 aromatic rings. The molecule has 4 heteroatoms. The summed E-state index contributed by atoms with van der Waals surface area (Å²) in [6.07, 6.45) is 0.791. The maximum absolute atomic E-state index is 10.1. The molecule has 0 aliphatic rings. The Morgan fingerprint density at radius 3 is 1.91 bits per heavy atom. The van der Waals surface area contributed by atoms with Crippen LogP contribution in [0.3, 0.4) is 0 Å². The molecular weight excluding hydrogens is 192 g/mol. The topological polar surface area (TPSA) is 43.1 Å². The molecule has 0 saturated carbocycles. The van der Waals surface area contributed by atoms with Crippen LogP contribution < -0.4 is 5.73 Å². The normalized spacial score (nSPS) is 7.27. The Balaban J connectivity index is 0. The van der Waals surface area contributed by atoms with Gasteiger partial charge in [-0.05, 0) is 24.3 Å². The van der Waals surface area contributed by atoms with Crippen molar-refractivity contribution in [1.29, 1.82) is 0 Å². The number of benzene rings is 1. The second kappa shape index (κ2) is 8.56. The first-order chi connectivity index (χ1) is 4.33. The van der Waals surface area contributed by atoms with Gasteiger partial charge >= 0.3 is 103 Å². The summed E-state index contributed by atoms with van der Waals surface area (Å²) in [4.78, 5) is 10.1. The van der Waals surface area contributed by atoms with Crippen LogP contribution in [-0.2, 0) is 0 Å². The van der Waals surface area contributed by atoms with Crippen LogP contribution in [0.5, 0.6) is 0 Å². The van der Waals surface area contributed by atoms with Crippen LogP contribution in [0, 0.1) is 0 Å². The molecule has 11 heavy (non-hydrogen) atoms. The van der Waals surface area contributed by atoms with Gasteiger partial charge in [-0.15, -0.1) is 0 Å². The minimum absolute atomic E-state index is 0. The zero-order valence-corrected chi connectivity index (χ0v) is 4.87. The van der Waals surface area contributed by atoms with E-state index in [1.54, 1.807) is 24.3 Å². The van der Waals surface area contributed by atoms with Crippen LogP contribution in [0.1, 0.15) is 10.4 Å². The van der Waals surface area contributed by atoms with Crippen molar-refractivity contribution in [1.82, 2.24) is 0 Å². The number of aldehydes is 1. The molecule has 1 aromatic carbocycles. The van der Waals surface area contributed by atoms with Crippen molar-refractivity contribution in [3.8, 4) is 0 Å². The first kappa shape index (κ1) is 15.4. The fraction of sp³-hybridized carbons (Fsp3) is 0. The van der Waals surface area contributed by atoms with E-state index in [1.165, 1.54) is 0 Å². The molecule has 50 valence electrons. The van der Waals surface area contributed by atoms with Gasteiger partial charge in [0.25, 0.3) is 0 Å². The van der Waals surface area contributed by atoms with E-state index in [0.29, 0.717) is 11.3 Å². The first-order valence-electron chi connectivity index (χ1n) is 2.63. The van der Waals surface area contributed by atoms with Gasteiger partial charge in [0.05, 0.1) is 0 Å². The van der Waals surface area contributed by atoms with E-state index >= 15 is 0 Å². The van der Waals surface area contributed by atoms with E-state index in [0.717, 1.165) is 6.29 Å². The van der Waals surface area contributed by atoms with Crippen molar-refractivity contribution >= 4 is 115 Å². The van der Waals surface area contributed by atoms with Gasteiger partial charge in [-0.3, -0.25) is 4.79 Å². The average Bonchev–Trinajstić information content (AvgIpc) is 1.90. The van der Waals surface area contributed by atoms with Gasteiger partial charge < -0.3 is 5.73 Å². The van der Waals surface area contributed by atoms with Gasteiger partial charge in [-0.2, -0.15) is 0 Å². The summed E-state index contributed by atoms with van der Waals surface area (Å²) in [6, 6.07) is 6.76. The maximum atomic E-state index is 10.1. The van der Waals surface area contributed by atoms with Gasteiger partial charge in [-0.25, -0.2) is 0 Å². The number of anilines is 1. The molecule has 0 saturated heterocycles. The number of nitrogens with two attached hydrogens (primary N) is 1. The van der Waals surface area contributed by atoms with Gasteiger partial charge in [0.15, 0.2) is 0 Å². The van der Waals surface area contributed by atoms with E-state index in [-0.39, 0.29) is 103 Å². The number of nitrogen functional groups attached to an aromatic ring is 1. The standard InChI is InChI=1S/C7H7NO.2K.2H/c8-7-3-1-6(5-9)2-4-7;;;;/h1-5H,8H2;;;;. The summed E-state index contributed by atoms with van der Waals surface area (Å²) in [5.41, 5.74) is 6.70. The SMILES string of the molecule is Nc1ccc(C=O)cc1.[KH].[KH]. The van der Waals surface area contributed by atoms with Crippen LogP contribution in [0.25, 0.3) is 0 Å². The minimum atomic E-state index is 0. The zero-order valence-electron chi connectivity index (χ0n) is 4.87. The molecule has 0 aromatic heterocycles. The second-order valence-electron chi connectivity index (χ2n) is 1.78. The molecule has 0 fully saturated rings. The summed E-state index contributed by atoms with van der Waals surface area (Å²) in [7, 11) is 0. The average molecular weight is 201 g/mol. The molecule has 0 bridgehead atoms. The van der Waals surface area contributed by atoms with Crippen molar-refractivity contribution in [3.63, 3.8) is 0 Å². The fourth-order valence-corrected chi connectivity index (χ4v) is 0.575. The summed E-state index contributed by atoms with van der Waals surface area (Å²) in [5, 5.41) is 0. The van der Waals surface area contributed by atoms with Gasteiger partial charge in [0.1, 0.15) is 6.29 Å². The zero-order chi connectivity index (χ0) is 6.69. The molecule has 2 N–H and O–H groups in total. The van der Waals surface area contributed by atoms with Crippen LogP contribution in [0.15, 0.2) is 24.3 Å². The molecule has 0 atom stereocenters. The third kappa shape index (κ3) is 6.09. The van der Waals surface area contributed by atoms with E-state index in [2.05, 4.69) is 0 Å². The Kier molecular flexibility index (Phi) is 12.0. The number of hydrogen-bond acceptors (Lipinski definition) is 2. The monoisotopic (exact) mass is 201 g/mol. The van der Waals surface area contributed by atoms with Crippen LogP contribution in [0.4, 0.5) is 5.69 Å². The van der Waals surface area contributed by atoms with E-state index in [1.807, 2.05) is 0 Å². The van der Waals surface area contributed by atoms with Crippen molar-refractivity contribution in [2.45, 2.75) is 0 Å². The van der Waals surface area contributed by atoms with Crippen molar-refractivity contribution < 1.29 is 4.79 Å². The van der Waals surface area contributed by atoms with Crippen molar-refractivity contribution in [2.75, 3.05) is 5.73 Å². The third-order valence-electron chi connectivity index (χ3n) is 1.07. The Labute approximate surface area is 151 Å². The second-order valence-corrected chi connectivity index (χ2v) is 1.78. The predicted molar refractivity (Wildman–Crippen MR) is 50.5 cm³/mol. The molecule has 0 aliphatic carbocycles. The first-order valence-corrected chi connectivity index (χ1v) is 2.63. The number of carbonyl (C=O) groups excluding carboxylic acids is 1. The van der Waals surface area contributed by atoms with Crippen LogP contribution in [-0.4, -0.2) is 109 Å². The summed E-state index contributed by atoms with van der Waals surface area (Å²) in [6.45, 7) is 0. The molecule has 0 amide bonds. The fourth-order valence-electron chi connectivity index (χ4n) is 0.575. The van der Waals surface area contributed by atoms with Gasteiger partial charge in [0, 0.05) is 11.3 Å². The van der Waals surface area contributed by atoms with Gasteiger partial charge in [-0.1, -0.05) is 0 Å². The van der Waals surface area contributed by atoms with E-state index in [4.69, 9.17) is 5.73 Å². The quantitative estimate of drug-likeness (QED) is 0.388. The predicted octanol–water partition coefficient (Wildman–Crippen LogP) is -0.216. The van der Waals surface area contributed by atoms with Crippen LogP contribution >= 0.6 is 0 Å². The van der Waals surface area contributed by atoms with E-state index < -0.39 is 0 Å². The van der Waals surface area contributed by atoms with Crippen molar-refractivity contribution in [2.24, 2.45) is 0 Å². The molecule has 0 radical (unpaired) electrons. The summed E-state index contributed by atoms with van der Waals surface area (Å²) >= 11 is 0.